The predicted octanol–water partition coefficient (Wildman–Crippen LogP) is 1.72. The second-order valence-electron chi connectivity index (χ2n) is 6.80. The number of amides is 1. The van der Waals surface area contributed by atoms with Crippen LogP contribution in [0.25, 0.3) is 10.2 Å². The molecule has 0 saturated carbocycles. The molecule has 3 rings (SSSR count). The maximum Gasteiger partial charge on any atom is 0.244 e. The maximum atomic E-state index is 13.0. The fourth-order valence-electron chi connectivity index (χ4n) is 3.06. The number of aromatic nitrogens is 1. The summed E-state index contributed by atoms with van der Waals surface area (Å²) in [5.74, 6) is 0.828. The molecular formula is C18H25N3O6S2. The van der Waals surface area contributed by atoms with E-state index in [1.54, 1.807) is 26.4 Å². The average Bonchev–Trinajstić information content (AvgIpc) is 3.33. The van der Waals surface area contributed by atoms with Gasteiger partial charge in [0.15, 0.2) is 5.13 Å². The maximum absolute atomic E-state index is 13.0. The van der Waals surface area contributed by atoms with Gasteiger partial charge in [-0.2, -0.15) is 4.31 Å². The van der Waals surface area contributed by atoms with Crippen molar-refractivity contribution in [3.63, 3.8) is 0 Å². The minimum atomic E-state index is -3.49. The van der Waals surface area contributed by atoms with Gasteiger partial charge in [0.1, 0.15) is 21.7 Å². The molecule has 160 valence electrons. The van der Waals surface area contributed by atoms with E-state index in [2.05, 4.69) is 4.98 Å². The minimum absolute atomic E-state index is 0.113. The van der Waals surface area contributed by atoms with Gasteiger partial charge in [0.25, 0.3) is 0 Å². The van der Waals surface area contributed by atoms with Gasteiger partial charge < -0.3 is 14.2 Å². The number of fused-ring (bicyclic) bond motifs is 1. The fraction of sp³-hybridized carbons (Fsp3) is 0.556. The van der Waals surface area contributed by atoms with Crippen molar-refractivity contribution in [2.75, 3.05) is 52.1 Å². The molecule has 1 aliphatic heterocycles. The van der Waals surface area contributed by atoms with Gasteiger partial charge >= 0.3 is 0 Å². The van der Waals surface area contributed by atoms with Crippen molar-refractivity contribution in [1.82, 2.24) is 9.29 Å². The summed E-state index contributed by atoms with van der Waals surface area (Å²) in [5, 5.41) is 0.449. The number of rotatable bonds is 8. The zero-order valence-corrected chi connectivity index (χ0v) is 18.5. The number of thiazole rings is 1. The highest BCUT2D eigenvalue weighted by molar-refractivity contribution is 7.88. The van der Waals surface area contributed by atoms with Crippen molar-refractivity contribution < 1.29 is 27.4 Å². The Bertz CT molecular complexity index is 944. The zero-order valence-electron chi connectivity index (χ0n) is 16.9. The third kappa shape index (κ3) is 4.80. The molecule has 2 aromatic rings. The van der Waals surface area contributed by atoms with Gasteiger partial charge in [-0.15, -0.1) is 0 Å². The summed E-state index contributed by atoms with van der Waals surface area (Å²) in [6.45, 7) is 0.675. The van der Waals surface area contributed by atoms with Gasteiger partial charge in [0.05, 0.1) is 39.7 Å². The van der Waals surface area contributed by atoms with E-state index in [1.807, 2.05) is 0 Å². The van der Waals surface area contributed by atoms with Crippen molar-refractivity contribution in [1.29, 1.82) is 0 Å². The van der Waals surface area contributed by atoms with Crippen molar-refractivity contribution >= 4 is 42.6 Å². The van der Waals surface area contributed by atoms with Crippen LogP contribution in [0.2, 0.25) is 0 Å². The molecule has 9 nitrogen and oxygen atoms in total. The van der Waals surface area contributed by atoms with Crippen molar-refractivity contribution in [2.45, 2.75) is 18.9 Å². The molecule has 29 heavy (non-hydrogen) atoms. The number of carbonyl (C=O) groups is 1. The highest BCUT2D eigenvalue weighted by Gasteiger charge is 2.29. The molecule has 1 saturated heterocycles. The van der Waals surface area contributed by atoms with Crippen LogP contribution in [0.1, 0.15) is 12.8 Å². The fourth-order valence-corrected chi connectivity index (χ4v) is 4.51. The summed E-state index contributed by atoms with van der Waals surface area (Å²) in [6, 6.07) is 3.54. The number of carbonyl (C=O) groups excluding carboxylic acids is 1. The first-order chi connectivity index (χ1) is 13.7. The van der Waals surface area contributed by atoms with E-state index in [0.717, 1.165) is 28.1 Å². The molecule has 0 unspecified atom stereocenters. The van der Waals surface area contributed by atoms with Crippen LogP contribution in [0.5, 0.6) is 11.5 Å². The number of hydrogen-bond donors (Lipinski definition) is 0. The number of sulfonamides is 1. The van der Waals surface area contributed by atoms with E-state index in [1.165, 1.54) is 23.3 Å². The Balaban J connectivity index is 1.99. The van der Waals surface area contributed by atoms with Crippen molar-refractivity contribution in [3.05, 3.63) is 12.1 Å². The molecule has 1 fully saturated rings. The number of anilines is 1. The summed E-state index contributed by atoms with van der Waals surface area (Å²) < 4.78 is 41.8. The Kier molecular flexibility index (Phi) is 6.62. The molecule has 1 aliphatic rings. The molecule has 1 amide bonds. The number of methoxy groups -OCH3 is 2. The molecule has 0 spiro atoms. The standard InChI is InChI=1S/C18H25N3O6S2/c1-20(29(4,23)24)11-15(22)21(10-12-6-5-9-27-12)18-19-16-13(25-2)7-8-14(26-3)17(16)28-18/h7-8,12H,5-6,9-11H2,1-4H3/t12-/m1/s1. The van der Waals surface area contributed by atoms with Crippen LogP contribution < -0.4 is 14.4 Å². The van der Waals surface area contributed by atoms with E-state index in [0.29, 0.717) is 35.3 Å². The summed E-state index contributed by atoms with van der Waals surface area (Å²) in [5.41, 5.74) is 0.591. The van der Waals surface area contributed by atoms with E-state index >= 15 is 0 Å². The first-order valence-electron chi connectivity index (χ1n) is 9.09. The molecule has 2 heterocycles. The Labute approximate surface area is 174 Å². The summed E-state index contributed by atoms with van der Waals surface area (Å²) in [7, 11) is 1.01. The Morgan fingerprint density at radius 2 is 2.00 bits per heavy atom. The number of nitrogens with zero attached hydrogens (tertiary/aromatic N) is 3. The van der Waals surface area contributed by atoms with Gasteiger partial charge in [-0.3, -0.25) is 9.69 Å². The highest BCUT2D eigenvalue weighted by atomic mass is 32.2. The largest absolute Gasteiger partial charge is 0.495 e. The molecule has 0 aliphatic carbocycles. The van der Waals surface area contributed by atoms with Crippen LogP contribution in [0, 0.1) is 0 Å². The molecule has 0 N–H and O–H groups in total. The van der Waals surface area contributed by atoms with E-state index < -0.39 is 10.0 Å². The average molecular weight is 444 g/mol. The molecule has 0 radical (unpaired) electrons. The van der Waals surface area contributed by atoms with E-state index in [9.17, 15) is 13.2 Å². The number of hydrogen-bond acceptors (Lipinski definition) is 8. The van der Waals surface area contributed by atoms with Crippen LogP contribution in [0.15, 0.2) is 12.1 Å². The number of ether oxygens (including phenoxy) is 3. The lowest BCUT2D eigenvalue weighted by molar-refractivity contribution is -0.119. The van der Waals surface area contributed by atoms with Gasteiger partial charge in [-0.1, -0.05) is 11.3 Å². The number of likely N-dealkylation sites (N-methyl/N-ethyl adjacent to an activating group) is 1. The lowest BCUT2D eigenvalue weighted by atomic mass is 10.2. The predicted molar refractivity (Wildman–Crippen MR) is 112 cm³/mol. The number of benzene rings is 1. The molecule has 11 heteroatoms. The molecule has 0 bridgehead atoms. The van der Waals surface area contributed by atoms with Crippen LogP contribution in [0.4, 0.5) is 5.13 Å². The zero-order chi connectivity index (χ0) is 21.2. The van der Waals surface area contributed by atoms with Crippen LogP contribution in [-0.2, 0) is 19.6 Å². The second-order valence-corrected chi connectivity index (χ2v) is 9.87. The summed E-state index contributed by atoms with van der Waals surface area (Å²) in [4.78, 5) is 19.2. The van der Waals surface area contributed by atoms with Crippen LogP contribution >= 0.6 is 11.3 Å². The monoisotopic (exact) mass is 443 g/mol. The second kappa shape index (κ2) is 8.82. The third-order valence-electron chi connectivity index (χ3n) is 4.77. The van der Waals surface area contributed by atoms with Gasteiger partial charge in [-0.25, -0.2) is 13.4 Å². The first kappa shape index (κ1) is 21.8. The van der Waals surface area contributed by atoms with Gasteiger partial charge in [0, 0.05) is 13.7 Å². The molecule has 1 atom stereocenters. The first-order valence-corrected chi connectivity index (χ1v) is 11.8. The van der Waals surface area contributed by atoms with Crippen molar-refractivity contribution in [3.8, 4) is 11.5 Å². The molecular weight excluding hydrogens is 418 g/mol. The summed E-state index contributed by atoms with van der Waals surface area (Å²) in [6.07, 6.45) is 2.72. The van der Waals surface area contributed by atoms with Gasteiger partial charge in [0.2, 0.25) is 15.9 Å². The van der Waals surface area contributed by atoms with E-state index in [-0.39, 0.29) is 18.6 Å². The molecule has 1 aromatic heterocycles. The highest BCUT2D eigenvalue weighted by Crippen LogP contribution is 2.40. The molecule has 1 aromatic carbocycles. The summed E-state index contributed by atoms with van der Waals surface area (Å²) >= 11 is 1.30. The third-order valence-corrected chi connectivity index (χ3v) is 7.12. The van der Waals surface area contributed by atoms with Gasteiger partial charge in [-0.05, 0) is 25.0 Å². The quantitative estimate of drug-likeness (QED) is 0.613. The minimum Gasteiger partial charge on any atom is -0.495 e. The lowest BCUT2D eigenvalue weighted by Gasteiger charge is -2.25. The topological polar surface area (TPSA) is 98.3 Å². The van der Waals surface area contributed by atoms with E-state index in [4.69, 9.17) is 14.2 Å². The SMILES string of the molecule is COc1ccc(OC)c2sc(N(C[C@H]3CCCO3)C(=O)CN(C)S(C)(=O)=O)nc12. The van der Waals surface area contributed by atoms with Crippen LogP contribution in [-0.4, -0.2) is 76.9 Å². The Morgan fingerprint density at radius 3 is 2.59 bits per heavy atom. The van der Waals surface area contributed by atoms with Crippen LogP contribution in [0.3, 0.4) is 0 Å². The lowest BCUT2D eigenvalue weighted by Crippen LogP contribution is -2.44. The Hall–Kier alpha value is -1.95. The Morgan fingerprint density at radius 1 is 1.31 bits per heavy atom. The normalized spacial score (nSPS) is 17.1. The van der Waals surface area contributed by atoms with Crippen molar-refractivity contribution in [2.24, 2.45) is 0 Å². The smallest absolute Gasteiger partial charge is 0.244 e.